The molecule has 6 heteroatoms. The quantitative estimate of drug-likeness (QED) is 0.706. The van der Waals surface area contributed by atoms with Gasteiger partial charge in [-0.2, -0.15) is 0 Å². The number of carbonyl (C=O) groups excluding carboxylic acids is 1. The molecule has 128 valence electrons. The van der Waals surface area contributed by atoms with Gasteiger partial charge in [0, 0.05) is 19.6 Å². The van der Waals surface area contributed by atoms with Crippen molar-refractivity contribution < 1.29 is 24.1 Å². The SMILES string of the molecule is CCOc1ccc(CC(=O)NCC2(OCCO)CCOC2)cc1. The van der Waals surface area contributed by atoms with Gasteiger partial charge >= 0.3 is 0 Å². The molecule has 1 aromatic rings. The molecule has 1 atom stereocenters. The molecule has 2 N–H and O–H groups in total. The van der Waals surface area contributed by atoms with Gasteiger partial charge in [-0.15, -0.1) is 0 Å². The fourth-order valence-electron chi connectivity index (χ4n) is 2.53. The van der Waals surface area contributed by atoms with Crippen molar-refractivity contribution in [2.45, 2.75) is 25.4 Å². The first kappa shape index (κ1) is 17.7. The Bertz CT molecular complexity index is 482. The van der Waals surface area contributed by atoms with Crippen LogP contribution in [0.4, 0.5) is 0 Å². The van der Waals surface area contributed by atoms with Crippen LogP contribution in [0.3, 0.4) is 0 Å². The van der Waals surface area contributed by atoms with Crippen molar-refractivity contribution in [3.63, 3.8) is 0 Å². The third-order valence-corrected chi connectivity index (χ3v) is 3.77. The van der Waals surface area contributed by atoms with Gasteiger partial charge in [0.2, 0.25) is 5.91 Å². The summed E-state index contributed by atoms with van der Waals surface area (Å²) >= 11 is 0. The molecule has 0 radical (unpaired) electrons. The predicted octanol–water partition coefficient (Wildman–Crippen LogP) is 0.912. The zero-order valence-corrected chi connectivity index (χ0v) is 13.5. The summed E-state index contributed by atoms with van der Waals surface area (Å²) in [4.78, 5) is 12.1. The van der Waals surface area contributed by atoms with Gasteiger partial charge in [0.05, 0.1) is 32.8 Å². The number of rotatable bonds is 9. The van der Waals surface area contributed by atoms with Crippen molar-refractivity contribution in [3.05, 3.63) is 29.8 Å². The maximum Gasteiger partial charge on any atom is 0.224 e. The number of carbonyl (C=O) groups is 1. The van der Waals surface area contributed by atoms with Crippen LogP contribution in [0.25, 0.3) is 0 Å². The van der Waals surface area contributed by atoms with E-state index in [-0.39, 0.29) is 19.1 Å². The van der Waals surface area contributed by atoms with Gasteiger partial charge in [-0.25, -0.2) is 0 Å². The highest BCUT2D eigenvalue weighted by Gasteiger charge is 2.36. The Morgan fingerprint density at radius 3 is 2.78 bits per heavy atom. The van der Waals surface area contributed by atoms with Gasteiger partial charge in [-0.05, 0) is 24.6 Å². The molecule has 0 aliphatic carbocycles. The van der Waals surface area contributed by atoms with E-state index in [0.717, 1.165) is 17.7 Å². The molecular formula is C17H25NO5. The lowest BCUT2D eigenvalue weighted by atomic mass is 10.0. The summed E-state index contributed by atoms with van der Waals surface area (Å²) < 4.78 is 16.4. The first-order chi connectivity index (χ1) is 11.2. The number of benzene rings is 1. The Kier molecular flexibility index (Phi) is 6.83. The van der Waals surface area contributed by atoms with Crippen LogP contribution in [0.5, 0.6) is 5.75 Å². The van der Waals surface area contributed by atoms with Crippen LogP contribution >= 0.6 is 0 Å². The van der Waals surface area contributed by atoms with Crippen molar-refractivity contribution >= 4 is 5.91 Å². The van der Waals surface area contributed by atoms with Crippen molar-refractivity contribution in [1.82, 2.24) is 5.32 Å². The highest BCUT2D eigenvalue weighted by Crippen LogP contribution is 2.22. The van der Waals surface area contributed by atoms with Crippen LogP contribution < -0.4 is 10.1 Å². The normalized spacial score (nSPS) is 20.4. The van der Waals surface area contributed by atoms with Crippen molar-refractivity contribution in [2.24, 2.45) is 0 Å². The molecule has 2 rings (SSSR count). The third-order valence-electron chi connectivity index (χ3n) is 3.77. The van der Waals surface area contributed by atoms with E-state index in [4.69, 9.17) is 19.3 Å². The number of aliphatic hydroxyl groups excluding tert-OH is 1. The zero-order valence-electron chi connectivity index (χ0n) is 13.5. The lowest BCUT2D eigenvalue weighted by Crippen LogP contribution is -2.46. The minimum atomic E-state index is -0.517. The maximum absolute atomic E-state index is 12.1. The average Bonchev–Trinajstić information content (AvgIpc) is 3.03. The van der Waals surface area contributed by atoms with Gasteiger partial charge in [0.25, 0.3) is 0 Å². The molecule has 23 heavy (non-hydrogen) atoms. The molecule has 0 spiro atoms. The second-order valence-electron chi connectivity index (χ2n) is 5.59. The molecule has 1 fully saturated rings. The molecule has 1 aliphatic heterocycles. The Hall–Kier alpha value is -1.63. The molecular weight excluding hydrogens is 298 g/mol. The zero-order chi connectivity index (χ0) is 16.5. The predicted molar refractivity (Wildman–Crippen MR) is 85.5 cm³/mol. The number of amides is 1. The second-order valence-corrected chi connectivity index (χ2v) is 5.59. The summed E-state index contributed by atoms with van der Waals surface area (Å²) in [7, 11) is 0. The van der Waals surface area contributed by atoms with Crippen LogP contribution in [0, 0.1) is 0 Å². The monoisotopic (exact) mass is 323 g/mol. The second kappa shape index (κ2) is 8.86. The topological polar surface area (TPSA) is 77.0 Å². The minimum Gasteiger partial charge on any atom is -0.494 e. The molecule has 1 unspecified atom stereocenters. The summed E-state index contributed by atoms with van der Waals surface area (Å²) in [5.74, 6) is 0.740. The van der Waals surface area contributed by atoms with E-state index in [1.807, 2.05) is 31.2 Å². The van der Waals surface area contributed by atoms with E-state index in [9.17, 15) is 4.79 Å². The van der Waals surface area contributed by atoms with Crippen molar-refractivity contribution in [2.75, 3.05) is 39.6 Å². The number of hydrogen-bond acceptors (Lipinski definition) is 5. The highest BCUT2D eigenvalue weighted by molar-refractivity contribution is 5.78. The first-order valence-electron chi connectivity index (χ1n) is 7.98. The summed E-state index contributed by atoms with van der Waals surface area (Å²) in [5.41, 5.74) is 0.413. The third kappa shape index (κ3) is 5.49. The van der Waals surface area contributed by atoms with Gasteiger partial charge in [0.15, 0.2) is 0 Å². The largest absolute Gasteiger partial charge is 0.494 e. The number of ether oxygens (including phenoxy) is 3. The molecule has 1 aromatic carbocycles. The van der Waals surface area contributed by atoms with E-state index in [1.165, 1.54) is 0 Å². The standard InChI is InChI=1S/C17H25NO5/c1-2-22-15-5-3-14(4-6-15)11-16(20)18-12-17(23-10-8-19)7-9-21-13-17/h3-6,19H,2,7-13H2,1H3,(H,18,20). The summed E-state index contributed by atoms with van der Waals surface area (Å²) in [6.07, 6.45) is 1.03. The highest BCUT2D eigenvalue weighted by atomic mass is 16.6. The number of aliphatic hydroxyl groups is 1. The van der Waals surface area contributed by atoms with Gasteiger partial charge in [0.1, 0.15) is 11.4 Å². The minimum absolute atomic E-state index is 0.0398. The smallest absolute Gasteiger partial charge is 0.224 e. The lowest BCUT2D eigenvalue weighted by Gasteiger charge is -2.27. The Labute approximate surface area is 136 Å². The van der Waals surface area contributed by atoms with Gasteiger partial charge in [-0.3, -0.25) is 4.79 Å². The molecule has 1 saturated heterocycles. The fourth-order valence-corrected chi connectivity index (χ4v) is 2.53. The molecule has 1 amide bonds. The average molecular weight is 323 g/mol. The van der Waals surface area contributed by atoms with Crippen LogP contribution in [0.15, 0.2) is 24.3 Å². The lowest BCUT2D eigenvalue weighted by molar-refractivity contribution is -0.123. The van der Waals surface area contributed by atoms with Crippen LogP contribution in [-0.4, -0.2) is 56.2 Å². The van der Waals surface area contributed by atoms with Crippen molar-refractivity contribution in [1.29, 1.82) is 0 Å². The van der Waals surface area contributed by atoms with Gasteiger partial charge < -0.3 is 24.6 Å². The summed E-state index contributed by atoms with van der Waals surface area (Å²) in [5, 5.41) is 11.8. The van der Waals surface area contributed by atoms with Crippen LogP contribution in [-0.2, 0) is 20.7 Å². The van der Waals surface area contributed by atoms with E-state index < -0.39 is 5.60 Å². The van der Waals surface area contributed by atoms with E-state index in [2.05, 4.69) is 5.32 Å². The Balaban J connectivity index is 1.81. The summed E-state index contributed by atoms with van der Waals surface area (Å²) in [6, 6.07) is 7.51. The molecule has 0 saturated carbocycles. The van der Waals surface area contributed by atoms with E-state index in [1.54, 1.807) is 0 Å². The Morgan fingerprint density at radius 1 is 1.39 bits per heavy atom. The maximum atomic E-state index is 12.1. The summed E-state index contributed by atoms with van der Waals surface area (Å²) in [6.45, 7) is 4.21. The van der Waals surface area contributed by atoms with Crippen molar-refractivity contribution in [3.8, 4) is 5.75 Å². The molecule has 1 heterocycles. The van der Waals surface area contributed by atoms with Crippen LogP contribution in [0.2, 0.25) is 0 Å². The molecule has 0 aromatic heterocycles. The van der Waals surface area contributed by atoms with E-state index >= 15 is 0 Å². The number of hydrogen-bond donors (Lipinski definition) is 2. The molecule has 6 nitrogen and oxygen atoms in total. The van der Waals surface area contributed by atoms with E-state index in [0.29, 0.717) is 32.8 Å². The molecule has 0 bridgehead atoms. The first-order valence-corrected chi connectivity index (χ1v) is 7.98. The molecule has 1 aliphatic rings. The number of nitrogens with one attached hydrogen (secondary N) is 1. The Morgan fingerprint density at radius 2 is 2.17 bits per heavy atom. The van der Waals surface area contributed by atoms with Crippen LogP contribution in [0.1, 0.15) is 18.9 Å². The van der Waals surface area contributed by atoms with Gasteiger partial charge in [-0.1, -0.05) is 12.1 Å². The fraction of sp³-hybridized carbons (Fsp3) is 0.588.